The minimum Gasteiger partial charge on any atom is -0.481 e. The Labute approximate surface area is 310 Å². The first-order chi connectivity index (χ1) is 25.4. The Morgan fingerprint density at radius 2 is 1.63 bits per heavy atom. The highest BCUT2D eigenvalue weighted by molar-refractivity contribution is 6.00. The van der Waals surface area contributed by atoms with E-state index >= 15 is 0 Å². The average Bonchev–Trinajstić information content (AvgIpc) is 3.59. The summed E-state index contributed by atoms with van der Waals surface area (Å²) in [5.41, 5.74) is -0.717. The number of unbranched alkanes of at least 4 members (excludes halogenated alkanes) is 2. The minimum atomic E-state index is -1.79. The van der Waals surface area contributed by atoms with Gasteiger partial charge < -0.3 is 50.6 Å². The van der Waals surface area contributed by atoms with Crippen molar-refractivity contribution in [2.75, 3.05) is 13.3 Å². The van der Waals surface area contributed by atoms with Crippen molar-refractivity contribution in [3.8, 4) is 17.1 Å². The standard InChI is InChI=1S/C35H47N5O14/c1-6-8-9-10-21(24(7-2)40(19-41)54-34(51)39-35(3,4)5)30(46)36-18-37-32(48)26-14-13-25(53-26)20-11-12-22(27(15-20)52-17-29(44)45)31(47)38-23(33(49)50)16-28(42)43/h11-15,19,21,23-24H,6-10,16-18H2,1-5H3,(H,36,46)(H,37,48)(H,38,47)(H,39,51)(H,42,43)(H,44,45)(H,49,50)/t21-,23+,24-/m1/s1. The molecule has 5 amide bonds. The van der Waals surface area contributed by atoms with Crippen LogP contribution in [0.25, 0.3) is 11.3 Å². The summed E-state index contributed by atoms with van der Waals surface area (Å²) < 4.78 is 10.9. The summed E-state index contributed by atoms with van der Waals surface area (Å²) in [5, 5.41) is 38.0. The van der Waals surface area contributed by atoms with Gasteiger partial charge in [0.1, 0.15) is 17.6 Å². The Morgan fingerprint density at radius 1 is 0.926 bits per heavy atom. The Kier molecular flexibility index (Phi) is 16.9. The number of furan rings is 1. The number of benzene rings is 1. The van der Waals surface area contributed by atoms with Crippen LogP contribution in [0.2, 0.25) is 0 Å². The molecule has 0 spiro atoms. The Morgan fingerprint density at radius 3 is 2.20 bits per heavy atom. The van der Waals surface area contributed by atoms with E-state index < -0.39 is 78.3 Å². The van der Waals surface area contributed by atoms with Crippen LogP contribution in [0.1, 0.15) is 94.1 Å². The lowest BCUT2D eigenvalue weighted by Crippen LogP contribution is -2.51. The molecule has 0 fully saturated rings. The maximum absolute atomic E-state index is 13.4. The monoisotopic (exact) mass is 761 g/mol. The normalized spacial score (nSPS) is 12.6. The minimum absolute atomic E-state index is 0.0804. The lowest BCUT2D eigenvalue weighted by molar-refractivity contribution is -0.169. The van der Waals surface area contributed by atoms with Crippen molar-refractivity contribution in [2.45, 2.75) is 90.8 Å². The molecule has 19 nitrogen and oxygen atoms in total. The molecule has 0 saturated heterocycles. The average molecular weight is 762 g/mol. The third-order valence-electron chi connectivity index (χ3n) is 7.62. The van der Waals surface area contributed by atoms with E-state index in [9.17, 15) is 43.5 Å². The van der Waals surface area contributed by atoms with Crippen molar-refractivity contribution in [2.24, 2.45) is 5.92 Å². The van der Waals surface area contributed by atoms with Crippen molar-refractivity contribution in [3.63, 3.8) is 0 Å². The van der Waals surface area contributed by atoms with Crippen molar-refractivity contribution in [1.82, 2.24) is 26.3 Å². The van der Waals surface area contributed by atoms with Crippen molar-refractivity contribution in [3.05, 3.63) is 41.7 Å². The fourth-order valence-electron chi connectivity index (χ4n) is 5.12. The summed E-state index contributed by atoms with van der Waals surface area (Å²) in [4.78, 5) is 102. The van der Waals surface area contributed by atoms with E-state index in [0.717, 1.165) is 17.9 Å². The predicted molar refractivity (Wildman–Crippen MR) is 188 cm³/mol. The van der Waals surface area contributed by atoms with E-state index in [1.165, 1.54) is 30.3 Å². The maximum atomic E-state index is 13.4. The molecule has 296 valence electrons. The van der Waals surface area contributed by atoms with E-state index in [-0.39, 0.29) is 41.5 Å². The zero-order chi connectivity index (χ0) is 40.6. The summed E-state index contributed by atoms with van der Waals surface area (Å²) >= 11 is 0. The van der Waals surface area contributed by atoms with Crippen LogP contribution < -0.4 is 26.0 Å². The molecular formula is C35H47N5O14. The van der Waals surface area contributed by atoms with Gasteiger partial charge in [0.25, 0.3) is 11.8 Å². The molecule has 0 aliphatic rings. The van der Waals surface area contributed by atoms with E-state index in [4.69, 9.17) is 24.2 Å². The van der Waals surface area contributed by atoms with Gasteiger partial charge in [-0.3, -0.25) is 24.0 Å². The second kappa shape index (κ2) is 20.8. The first kappa shape index (κ1) is 44.0. The highest BCUT2D eigenvalue weighted by Crippen LogP contribution is 2.29. The molecule has 0 bridgehead atoms. The molecule has 1 aromatic heterocycles. The lowest BCUT2D eigenvalue weighted by atomic mass is 9.90. The zero-order valence-corrected chi connectivity index (χ0v) is 30.6. The summed E-state index contributed by atoms with van der Waals surface area (Å²) in [5.74, 6) is -7.96. The number of nitrogens with zero attached hydrogens (tertiary/aromatic N) is 1. The molecule has 54 heavy (non-hydrogen) atoms. The summed E-state index contributed by atoms with van der Waals surface area (Å²) in [6, 6.07) is 3.86. The van der Waals surface area contributed by atoms with Gasteiger partial charge in [0.05, 0.1) is 30.6 Å². The van der Waals surface area contributed by atoms with E-state index in [1.54, 1.807) is 27.7 Å². The van der Waals surface area contributed by atoms with Crippen LogP contribution in [0.5, 0.6) is 5.75 Å². The number of hydrogen-bond acceptors (Lipinski definition) is 11. The summed E-state index contributed by atoms with van der Waals surface area (Å²) in [6.45, 7) is 7.72. The number of carbonyl (C=O) groups excluding carboxylic acids is 5. The van der Waals surface area contributed by atoms with Crippen LogP contribution >= 0.6 is 0 Å². The van der Waals surface area contributed by atoms with E-state index in [1.807, 2.05) is 6.92 Å². The molecule has 3 atom stereocenters. The number of aliphatic carboxylic acids is 3. The maximum Gasteiger partial charge on any atom is 0.432 e. The zero-order valence-electron chi connectivity index (χ0n) is 30.6. The quantitative estimate of drug-likeness (QED) is 0.0393. The second-order valence-electron chi connectivity index (χ2n) is 13.0. The number of carboxylic acid groups (broad SMARTS) is 3. The highest BCUT2D eigenvalue weighted by atomic mass is 16.7. The molecule has 1 heterocycles. The van der Waals surface area contributed by atoms with Crippen LogP contribution in [0.4, 0.5) is 4.79 Å². The fraction of sp³-hybridized carbons (Fsp3) is 0.486. The number of carboxylic acids is 3. The molecule has 0 aliphatic heterocycles. The highest BCUT2D eigenvalue weighted by Gasteiger charge is 2.34. The molecule has 7 N–H and O–H groups in total. The summed E-state index contributed by atoms with van der Waals surface area (Å²) in [7, 11) is 0. The van der Waals surface area contributed by atoms with E-state index in [2.05, 4.69) is 21.3 Å². The Bertz CT molecular complexity index is 1670. The van der Waals surface area contributed by atoms with Crippen LogP contribution in [0.3, 0.4) is 0 Å². The van der Waals surface area contributed by atoms with Crippen molar-refractivity contribution in [1.29, 1.82) is 0 Å². The third kappa shape index (κ3) is 14.1. The molecule has 2 aromatic rings. The molecular weight excluding hydrogens is 714 g/mol. The molecule has 0 aliphatic carbocycles. The number of hydrogen-bond donors (Lipinski definition) is 7. The number of carbonyl (C=O) groups is 8. The molecule has 19 heteroatoms. The lowest BCUT2D eigenvalue weighted by Gasteiger charge is -2.32. The van der Waals surface area contributed by atoms with Crippen LogP contribution in [-0.2, 0) is 28.8 Å². The number of rotatable bonds is 22. The SMILES string of the molecule is CCCCC[C@@H](C(=O)NCNC(=O)c1ccc(-c2ccc(C(=O)N[C@@H](CC(=O)O)C(=O)O)c(OCC(=O)O)c2)o1)[C@@H](CC)N(C=O)OC(=O)NC(C)(C)C. The third-order valence-corrected chi connectivity index (χ3v) is 7.62. The second-order valence-corrected chi connectivity index (χ2v) is 13.0. The molecule has 0 saturated carbocycles. The number of hydroxylamine groups is 2. The smallest absolute Gasteiger partial charge is 0.432 e. The van der Waals surface area contributed by atoms with Gasteiger partial charge >= 0.3 is 24.0 Å². The number of amides is 5. The van der Waals surface area contributed by atoms with Gasteiger partial charge in [0.15, 0.2) is 12.4 Å². The van der Waals surface area contributed by atoms with Gasteiger partial charge in [-0.05, 0) is 57.9 Å². The van der Waals surface area contributed by atoms with Crippen molar-refractivity contribution >= 4 is 48.1 Å². The summed E-state index contributed by atoms with van der Waals surface area (Å²) in [6.07, 6.45) is 1.52. The van der Waals surface area contributed by atoms with Gasteiger partial charge in [-0.2, -0.15) is 5.06 Å². The topological polar surface area (TPSA) is 280 Å². The van der Waals surface area contributed by atoms with Crippen LogP contribution in [0.15, 0.2) is 34.7 Å². The van der Waals surface area contributed by atoms with E-state index in [0.29, 0.717) is 19.3 Å². The number of nitrogens with one attached hydrogen (secondary N) is 4. The first-order valence-electron chi connectivity index (χ1n) is 17.0. The van der Waals surface area contributed by atoms with Gasteiger partial charge in [-0.25, -0.2) is 14.4 Å². The Balaban J connectivity index is 2.20. The number of ether oxygens (including phenoxy) is 1. The van der Waals surface area contributed by atoms with Crippen LogP contribution in [-0.4, -0.2) is 99.4 Å². The molecule has 0 radical (unpaired) electrons. The largest absolute Gasteiger partial charge is 0.481 e. The first-order valence-corrected chi connectivity index (χ1v) is 17.0. The van der Waals surface area contributed by atoms with Crippen LogP contribution in [0, 0.1) is 5.92 Å². The predicted octanol–water partition coefficient (Wildman–Crippen LogP) is 2.74. The molecule has 1 aromatic carbocycles. The Hall–Kier alpha value is -6.14. The molecule has 0 unspecified atom stereocenters. The van der Waals surface area contributed by atoms with Crippen molar-refractivity contribution < 1.29 is 67.7 Å². The molecule has 2 rings (SSSR count). The van der Waals surface area contributed by atoms with Gasteiger partial charge in [0, 0.05) is 11.1 Å². The fourth-order valence-corrected chi connectivity index (χ4v) is 5.12. The van der Waals surface area contributed by atoms with Gasteiger partial charge in [-0.15, -0.1) is 0 Å². The van der Waals surface area contributed by atoms with Gasteiger partial charge in [-0.1, -0.05) is 39.2 Å². The van der Waals surface area contributed by atoms with Gasteiger partial charge in [0.2, 0.25) is 12.3 Å².